The van der Waals surface area contributed by atoms with E-state index in [9.17, 15) is 9.18 Å². The summed E-state index contributed by atoms with van der Waals surface area (Å²) >= 11 is 3.31. The van der Waals surface area contributed by atoms with E-state index in [1.54, 1.807) is 26.0 Å². The Morgan fingerprint density at radius 1 is 1.23 bits per heavy atom. The highest BCUT2D eigenvalue weighted by molar-refractivity contribution is 9.10. The smallest absolute Gasteiger partial charge is 0.408 e. The Morgan fingerprint density at radius 3 is 2.59 bits per heavy atom. The number of carbonyl (C=O) groups excluding carboxylic acids is 1. The zero-order valence-electron chi connectivity index (χ0n) is 12.4. The second kappa shape index (κ2) is 6.92. The lowest BCUT2D eigenvalue weighted by molar-refractivity contribution is 0.129. The van der Waals surface area contributed by atoms with Crippen LogP contribution in [0.2, 0.25) is 0 Å². The summed E-state index contributed by atoms with van der Waals surface area (Å²) < 4.78 is 19.9. The molecule has 2 rings (SSSR count). The molecule has 0 saturated heterocycles. The quantitative estimate of drug-likeness (QED) is 0.848. The van der Waals surface area contributed by atoms with Gasteiger partial charge in [0.25, 0.3) is 0 Å². The van der Waals surface area contributed by atoms with Gasteiger partial charge in [0.05, 0.1) is 5.54 Å². The Bertz CT molecular complexity index is 659. The van der Waals surface area contributed by atoms with Crippen molar-refractivity contribution >= 4 is 22.0 Å². The second-order valence-corrected chi connectivity index (χ2v) is 6.35. The predicted octanol–water partition coefficient (Wildman–Crippen LogP) is 4.75. The van der Waals surface area contributed by atoms with Crippen molar-refractivity contribution < 1.29 is 13.9 Å². The average Bonchev–Trinajstić information content (AvgIpc) is 2.48. The molecule has 2 aromatic rings. The summed E-state index contributed by atoms with van der Waals surface area (Å²) in [5, 5.41) is 2.69. The Kier molecular flexibility index (Phi) is 5.19. The predicted molar refractivity (Wildman–Crippen MR) is 86.9 cm³/mol. The van der Waals surface area contributed by atoms with Crippen molar-refractivity contribution in [2.75, 3.05) is 0 Å². The average molecular weight is 366 g/mol. The van der Waals surface area contributed by atoms with E-state index >= 15 is 0 Å². The lowest BCUT2D eigenvalue weighted by Gasteiger charge is -2.27. The van der Waals surface area contributed by atoms with Crippen LogP contribution < -0.4 is 5.32 Å². The topological polar surface area (TPSA) is 38.3 Å². The maximum Gasteiger partial charge on any atom is 0.408 e. The molecule has 2 aromatic carbocycles. The van der Waals surface area contributed by atoms with E-state index in [0.717, 1.165) is 10.0 Å². The van der Waals surface area contributed by atoms with Crippen LogP contribution in [0.3, 0.4) is 0 Å². The number of nitrogens with one attached hydrogen (secondary N) is 1. The van der Waals surface area contributed by atoms with Crippen LogP contribution in [-0.4, -0.2) is 6.09 Å². The van der Waals surface area contributed by atoms with Gasteiger partial charge in [-0.1, -0.05) is 46.3 Å². The van der Waals surface area contributed by atoms with E-state index in [-0.39, 0.29) is 12.4 Å². The molecule has 0 radical (unpaired) electrons. The minimum absolute atomic E-state index is 0.170. The molecule has 0 aliphatic carbocycles. The van der Waals surface area contributed by atoms with Gasteiger partial charge in [-0.25, -0.2) is 9.18 Å². The van der Waals surface area contributed by atoms with Gasteiger partial charge in [-0.15, -0.1) is 0 Å². The SMILES string of the molecule is CC(C)(NC(=O)OCc1ccccc1)c1cc(Br)ccc1F. The van der Waals surface area contributed by atoms with Crippen molar-refractivity contribution in [1.29, 1.82) is 0 Å². The third-order valence-electron chi connectivity index (χ3n) is 3.23. The second-order valence-electron chi connectivity index (χ2n) is 5.44. The van der Waals surface area contributed by atoms with Crippen LogP contribution in [0.1, 0.15) is 25.0 Å². The lowest BCUT2D eigenvalue weighted by Crippen LogP contribution is -2.41. The molecule has 0 aliphatic rings. The Morgan fingerprint density at radius 2 is 1.91 bits per heavy atom. The molecule has 0 aromatic heterocycles. The standard InChI is InChI=1S/C17H17BrFNO2/c1-17(2,14-10-13(18)8-9-15(14)19)20-16(21)22-11-12-6-4-3-5-7-12/h3-10H,11H2,1-2H3,(H,20,21). The van der Waals surface area contributed by atoms with E-state index in [2.05, 4.69) is 21.2 Å². The van der Waals surface area contributed by atoms with Crippen molar-refractivity contribution in [3.8, 4) is 0 Å². The maximum absolute atomic E-state index is 14.0. The van der Waals surface area contributed by atoms with Gasteiger partial charge in [-0.2, -0.15) is 0 Å². The number of carbonyl (C=O) groups is 1. The summed E-state index contributed by atoms with van der Waals surface area (Å²) in [6.45, 7) is 3.62. The Hall–Kier alpha value is -1.88. The molecule has 0 atom stereocenters. The molecule has 3 nitrogen and oxygen atoms in total. The van der Waals surface area contributed by atoms with Crippen molar-refractivity contribution in [2.45, 2.75) is 26.0 Å². The van der Waals surface area contributed by atoms with Gasteiger partial charge >= 0.3 is 6.09 Å². The molecule has 22 heavy (non-hydrogen) atoms. The molecule has 5 heteroatoms. The normalized spacial score (nSPS) is 11.1. The zero-order valence-corrected chi connectivity index (χ0v) is 14.0. The van der Waals surface area contributed by atoms with E-state index in [1.807, 2.05) is 30.3 Å². The molecule has 0 saturated carbocycles. The molecule has 0 fully saturated rings. The number of alkyl carbamates (subject to hydrolysis) is 1. The molecule has 0 heterocycles. The van der Waals surface area contributed by atoms with Crippen molar-refractivity contribution in [2.24, 2.45) is 0 Å². The number of hydrogen-bond donors (Lipinski definition) is 1. The molecule has 116 valence electrons. The summed E-state index contributed by atoms with van der Waals surface area (Å²) in [7, 11) is 0. The molecular formula is C17H17BrFNO2. The number of benzene rings is 2. The Balaban J connectivity index is 2.01. The summed E-state index contributed by atoms with van der Waals surface area (Å²) in [5.74, 6) is -0.378. The fourth-order valence-corrected chi connectivity index (χ4v) is 2.42. The first-order chi connectivity index (χ1) is 10.4. The van der Waals surface area contributed by atoms with Crippen molar-refractivity contribution in [1.82, 2.24) is 5.32 Å². The first-order valence-electron chi connectivity index (χ1n) is 6.83. The minimum atomic E-state index is -0.887. The number of rotatable bonds is 4. The third kappa shape index (κ3) is 4.31. The number of ether oxygens (including phenoxy) is 1. The van der Waals surface area contributed by atoms with E-state index < -0.39 is 11.6 Å². The van der Waals surface area contributed by atoms with Gasteiger partial charge in [0, 0.05) is 10.0 Å². The highest BCUT2D eigenvalue weighted by atomic mass is 79.9. The molecule has 1 N–H and O–H groups in total. The summed E-state index contributed by atoms with van der Waals surface area (Å²) in [4.78, 5) is 11.9. The molecule has 0 bridgehead atoms. The highest BCUT2D eigenvalue weighted by Gasteiger charge is 2.27. The van der Waals surface area contributed by atoms with Crippen molar-refractivity contribution in [3.05, 3.63) is 69.9 Å². The number of amides is 1. The van der Waals surface area contributed by atoms with Crippen LogP contribution in [0.15, 0.2) is 53.0 Å². The molecule has 1 amide bonds. The lowest BCUT2D eigenvalue weighted by atomic mass is 9.94. The minimum Gasteiger partial charge on any atom is -0.445 e. The van der Waals surface area contributed by atoms with Gasteiger partial charge in [0.2, 0.25) is 0 Å². The van der Waals surface area contributed by atoms with Crippen LogP contribution in [0.25, 0.3) is 0 Å². The van der Waals surface area contributed by atoms with Gasteiger partial charge < -0.3 is 10.1 Å². The van der Waals surface area contributed by atoms with Gasteiger partial charge in [-0.05, 0) is 37.6 Å². The highest BCUT2D eigenvalue weighted by Crippen LogP contribution is 2.26. The first kappa shape index (κ1) is 16.5. The largest absolute Gasteiger partial charge is 0.445 e. The molecule has 0 unspecified atom stereocenters. The zero-order chi connectivity index (χ0) is 16.2. The van der Waals surface area contributed by atoms with Gasteiger partial charge in [-0.3, -0.25) is 0 Å². The number of hydrogen-bond acceptors (Lipinski definition) is 2. The first-order valence-corrected chi connectivity index (χ1v) is 7.62. The summed E-state index contributed by atoms with van der Waals surface area (Å²) in [6.07, 6.45) is -0.590. The molecule has 0 spiro atoms. The van der Waals surface area contributed by atoms with Crippen LogP contribution in [0, 0.1) is 5.82 Å². The van der Waals surface area contributed by atoms with E-state index in [4.69, 9.17) is 4.74 Å². The monoisotopic (exact) mass is 365 g/mol. The van der Waals surface area contributed by atoms with Gasteiger partial charge in [0.15, 0.2) is 0 Å². The van der Waals surface area contributed by atoms with Crippen LogP contribution in [-0.2, 0) is 16.9 Å². The van der Waals surface area contributed by atoms with E-state index in [1.165, 1.54) is 6.07 Å². The summed E-state index contributed by atoms with van der Waals surface area (Å²) in [5.41, 5.74) is 0.393. The maximum atomic E-state index is 14.0. The third-order valence-corrected chi connectivity index (χ3v) is 3.72. The van der Waals surface area contributed by atoms with Crippen LogP contribution >= 0.6 is 15.9 Å². The van der Waals surface area contributed by atoms with Crippen molar-refractivity contribution in [3.63, 3.8) is 0 Å². The summed E-state index contributed by atoms with van der Waals surface area (Å²) in [6, 6.07) is 14.0. The Labute approximate surface area is 137 Å². The fraction of sp³-hybridized carbons (Fsp3) is 0.235. The molecular weight excluding hydrogens is 349 g/mol. The fourth-order valence-electron chi connectivity index (χ4n) is 2.06. The van der Waals surface area contributed by atoms with Crippen LogP contribution in [0.4, 0.5) is 9.18 Å². The van der Waals surface area contributed by atoms with Crippen LogP contribution in [0.5, 0.6) is 0 Å². The van der Waals surface area contributed by atoms with E-state index in [0.29, 0.717) is 5.56 Å². The number of halogens is 2. The van der Waals surface area contributed by atoms with Gasteiger partial charge in [0.1, 0.15) is 12.4 Å². The molecule has 0 aliphatic heterocycles.